The standard InChI is InChI=1S/C26H36N2O3S/c1-7-24(26(30)27-18(2)3)28(15-21-9-8-10-23(14-21)31-6)25(29)17-32-16-22-12-19(4)11-20(5)13-22/h8-14,18,24H,7,15-17H2,1-6H3,(H,27,30). The maximum absolute atomic E-state index is 13.3. The van der Waals surface area contributed by atoms with Crippen molar-refractivity contribution in [1.82, 2.24) is 10.2 Å². The molecule has 2 rings (SSSR count). The third-order valence-electron chi connectivity index (χ3n) is 5.08. The Morgan fingerprint density at radius 1 is 1.06 bits per heavy atom. The molecule has 1 unspecified atom stereocenters. The molecule has 0 spiro atoms. The molecule has 32 heavy (non-hydrogen) atoms. The van der Waals surface area contributed by atoms with Crippen molar-refractivity contribution in [2.75, 3.05) is 12.9 Å². The molecule has 0 radical (unpaired) electrons. The Morgan fingerprint density at radius 3 is 2.34 bits per heavy atom. The number of ether oxygens (including phenoxy) is 1. The van der Waals surface area contributed by atoms with E-state index in [9.17, 15) is 9.59 Å². The van der Waals surface area contributed by atoms with E-state index in [1.165, 1.54) is 16.7 Å². The van der Waals surface area contributed by atoms with E-state index in [2.05, 4.69) is 37.4 Å². The number of benzene rings is 2. The molecule has 0 bridgehead atoms. The maximum Gasteiger partial charge on any atom is 0.243 e. The van der Waals surface area contributed by atoms with Crippen LogP contribution in [0.1, 0.15) is 49.4 Å². The SMILES string of the molecule is CCC(C(=O)NC(C)C)N(Cc1cccc(OC)c1)C(=O)CSCc1cc(C)cc(C)c1. The molecule has 2 aromatic carbocycles. The van der Waals surface area contributed by atoms with Crippen molar-refractivity contribution in [3.8, 4) is 5.75 Å². The van der Waals surface area contributed by atoms with Crippen LogP contribution in [0.15, 0.2) is 42.5 Å². The number of hydrogen-bond donors (Lipinski definition) is 1. The van der Waals surface area contributed by atoms with Crippen molar-refractivity contribution < 1.29 is 14.3 Å². The normalized spacial score (nSPS) is 11.8. The van der Waals surface area contributed by atoms with Crippen LogP contribution in [0.2, 0.25) is 0 Å². The van der Waals surface area contributed by atoms with Crippen LogP contribution >= 0.6 is 11.8 Å². The summed E-state index contributed by atoms with van der Waals surface area (Å²) in [6, 6.07) is 13.6. The topological polar surface area (TPSA) is 58.6 Å². The van der Waals surface area contributed by atoms with E-state index in [1.54, 1.807) is 23.8 Å². The lowest BCUT2D eigenvalue weighted by Crippen LogP contribution is -2.50. The highest BCUT2D eigenvalue weighted by Crippen LogP contribution is 2.20. The fraction of sp³-hybridized carbons (Fsp3) is 0.462. The van der Waals surface area contributed by atoms with E-state index in [-0.39, 0.29) is 17.9 Å². The van der Waals surface area contributed by atoms with Gasteiger partial charge in [0.25, 0.3) is 0 Å². The second kappa shape index (κ2) is 12.5. The number of amides is 2. The predicted molar refractivity (Wildman–Crippen MR) is 133 cm³/mol. The summed E-state index contributed by atoms with van der Waals surface area (Å²) in [6.45, 7) is 10.3. The summed E-state index contributed by atoms with van der Waals surface area (Å²) in [5.41, 5.74) is 4.60. The molecular formula is C26H36N2O3S. The average Bonchev–Trinajstić information content (AvgIpc) is 2.72. The van der Waals surface area contributed by atoms with Gasteiger partial charge < -0.3 is 15.0 Å². The number of rotatable bonds is 11. The molecule has 5 nitrogen and oxygen atoms in total. The van der Waals surface area contributed by atoms with Crippen LogP contribution in [-0.4, -0.2) is 41.7 Å². The Bertz CT molecular complexity index is 893. The first kappa shape index (κ1) is 25.8. The molecule has 0 aromatic heterocycles. The molecule has 0 aliphatic carbocycles. The molecule has 0 aliphatic rings. The first-order chi connectivity index (χ1) is 15.2. The van der Waals surface area contributed by atoms with Crippen molar-refractivity contribution in [2.45, 2.75) is 65.4 Å². The Kier molecular flexibility index (Phi) is 10.1. The fourth-order valence-electron chi connectivity index (χ4n) is 3.76. The summed E-state index contributed by atoms with van der Waals surface area (Å²) >= 11 is 1.58. The number of carbonyl (C=O) groups excluding carboxylic acids is 2. The number of hydrogen-bond acceptors (Lipinski definition) is 4. The van der Waals surface area contributed by atoms with Gasteiger partial charge in [-0.1, -0.05) is 48.4 Å². The molecule has 0 saturated carbocycles. The minimum Gasteiger partial charge on any atom is -0.497 e. The Balaban J connectivity index is 2.17. The van der Waals surface area contributed by atoms with Gasteiger partial charge in [0.2, 0.25) is 11.8 Å². The zero-order valence-corrected chi connectivity index (χ0v) is 20.9. The van der Waals surface area contributed by atoms with Crippen molar-refractivity contribution in [1.29, 1.82) is 0 Å². The molecule has 0 saturated heterocycles. The van der Waals surface area contributed by atoms with Crippen LogP contribution in [0.3, 0.4) is 0 Å². The fourth-order valence-corrected chi connectivity index (χ4v) is 4.60. The minimum absolute atomic E-state index is 0.0178. The van der Waals surface area contributed by atoms with E-state index in [4.69, 9.17) is 4.74 Å². The summed E-state index contributed by atoms with van der Waals surface area (Å²) in [7, 11) is 1.62. The molecule has 174 valence electrons. The lowest BCUT2D eigenvalue weighted by atomic mass is 10.1. The van der Waals surface area contributed by atoms with Gasteiger partial charge in [-0.05, 0) is 57.4 Å². The quantitative estimate of drug-likeness (QED) is 0.524. The van der Waals surface area contributed by atoms with Crippen LogP contribution in [0.25, 0.3) is 0 Å². The highest BCUT2D eigenvalue weighted by molar-refractivity contribution is 7.99. The summed E-state index contributed by atoms with van der Waals surface area (Å²) in [4.78, 5) is 27.9. The van der Waals surface area contributed by atoms with Gasteiger partial charge >= 0.3 is 0 Å². The second-order valence-electron chi connectivity index (χ2n) is 8.45. The highest BCUT2D eigenvalue weighted by atomic mass is 32.2. The van der Waals surface area contributed by atoms with Gasteiger partial charge in [-0.25, -0.2) is 0 Å². The lowest BCUT2D eigenvalue weighted by molar-refractivity contribution is -0.139. The largest absolute Gasteiger partial charge is 0.497 e. The van der Waals surface area contributed by atoms with Gasteiger partial charge in [0, 0.05) is 18.3 Å². The summed E-state index contributed by atoms with van der Waals surface area (Å²) in [5, 5.41) is 2.97. The highest BCUT2D eigenvalue weighted by Gasteiger charge is 2.28. The average molecular weight is 457 g/mol. The van der Waals surface area contributed by atoms with E-state index < -0.39 is 6.04 Å². The van der Waals surface area contributed by atoms with Gasteiger partial charge in [-0.15, -0.1) is 11.8 Å². The number of nitrogens with one attached hydrogen (secondary N) is 1. The van der Waals surface area contributed by atoms with Crippen LogP contribution in [0, 0.1) is 13.8 Å². The van der Waals surface area contributed by atoms with Crippen molar-refractivity contribution in [2.24, 2.45) is 0 Å². The molecule has 1 N–H and O–H groups in total. The molecule has 0 aliphatic heterocycles. The van der Waals surface area contributed by atoms with Gasteiger partial charge in [-0.2, -0.15) is 0 Å². The van der Waals surface area contributed by atoms with Crippen LogP contribution < -0.4 is 10.1 Å². The number of aryl methyl sites for hydroxylation is 2. The van der Waals surface area contributed by atoms with Gasteiger partial charge in [0.15, 0.2) is 0 Å². The van der Waals surface area contributed by atoms with Crippen molar-refractivity contribution >= 4 is 23.6 Å². The van der Waals surface area contributed by atoms with Gasteiger partial charge in [-0.3, -0.25) is 9.59 Å². The Hall–Kier alpha value is -2.47. The molecule has 0 heterocycles. The number of nitrogens with zero attached hydrogens (tertiary/aromatic N) is 1. The number of methoxy groups -OCH3 is 1. The van der Waals surface area contributed by atoms with Gasteiger partial charge in [0.05, 0.1) is 12.9 Å². The third kappa shape index (κ3) is 7.90. The Labute approximate surface area is 196 Å². The Morgan fingerprint density at radius 2 is 1.75 bits per heavy atom. The number of carbonyl (C=O) groups is 2. The molecule has 2 aromatic rings. The van der Waals surface area contributed by atoms with Crippen molar-refractivity contribution in [3.63, 3.8) is 0 Å². The van der Waals surface area contributed by atoms with Gasteiger partial charge in [0.1, 0.15) is 11.8 Å². The van der Waals surface area contributed by atoms with Crippen molar-refractivity contribution in [3.05, 3.63) is 64.7 Å². The molecule has 6 heteroatoms. The molecule has 1 atom stereocenters. The van der Waals surface area contributed by atoms with E-state index in [0.29, 0.717) is 18.7 Å². The van der Waals surface area contributed by atoms with Crippen LogP contribution in [0.4, 0.5) is 0 Å². The zero-order chi connectivity index (χ0) is 23.7. The van der Waals surface area contributed by atoms with Crippen LogP contribution in [0.5, 0.6) is 5.75 Å². The zero-order valence-electron chi connectivity index (χ0n) is 20.1. The lowest BCUT2D eigenvalue weighted by Gasteiger charge is -2.31. The summed E-state index contributed by atoms with van der Waals surface area (Å²) < 4.78 is 5.33. The van der Waals surface area contributed by atoms with E-state index in [0.717, 1.165) is 17.1 Å². The first-order valence-electron chi connectivity index (χ1n) is 11.1. The molecule has 0 fully saturated rings. The van der Waals surface area contributed by atoms with E-state index in [1.807, 2.05) is 45.0 Å². The van der Waals surface area contributed by atoms with E-state index >= 15 is 0 Å². The number of thioether (sulfide) groups is 1. The monoisotopic (exact) mass is 456 g/mol. The smallest absolute Gasteiger partial charge is 0.243 e. The molecule has 2 amide bonds. The first-order valence-corrected chi connectivity index (χ1v) is 12.3. The minimum atomic E-state index is -0.516. The summed E-state index contributed by atoms with van der Waals surface area (Å²) in [6.07, 6.45) is 0.552. The second-order valence-corrected chi connectivity index (χ2v) is 9.43. The predicted octanol–water partition coefficient (Wildman–Crippen LogP) is 4.88. The maximum atomic E-state index is 13.3. The third-order valence-corrected chi connectivity index (χ3v) is 6.07. The van der Waals surface area contributed by atoms with Crippen LogP contribution in [-0.2, 0) is 21.9 Å². The summed E-state index contributed by atoms with van der Waals surface area (Å²) in [5.74, 6) is 1.67. The molecular weight excluding hydrogens is 420 g/mol.